The van der Waals surface area contributed by atoms with E-state index in [0.717, 1.165) is 60.8 Å². The topological polar surface area (TPSA) is 52.6 Å². The van der Waals surface area contributed by atoms with Gasteiger partial charge in [0.25, 0.3) is 0 Å². The van der Waals surface area contributed by atoms with Crippen LogP contribution in [0, 0.1) is 11.8 Å². The number of hydrogen-bond donors (Lipinski definition) is 0. The Hall–Kier alpha value is -5.14. The SMILES string of the molecule is O=C(Cc1ccc(C#Cc2ccc(CC(=O)OC3C=C(c4ccccc4)CCC3)cc2)cc1)OC1C=C(c2ccccc2)CCC1. The van der Waals surface area contributed by atoms with Crippen LogP contribution in [0.15, 0.2) is 121 Å². The van der Waals surface area contributed by atoms with Crippen molar-refractivity contribution in [2.24, 2.45) is 0 Å². The molecule has 2 aliphatic carbocycles. The van der Waals surface area contributed by atoms with Crippen LogP contribution in [0.25, 0.3) is 11.1 Å². The largest absolute Gasteiger partial charge is 0.458 e. The highest BCUT2D eigenvalue weighted by molar-refractivity contribution is 5.75. The molecule has 6 rings (SSSR count). The predicted molar refractivity (Wildman–Crippen MR) is 183 cm³/mol. The molecule has 0 N–H and O–H groups in total. The average molecular weight is 607 g/mol. The number of ether oxygens (including phenoxy) is 2. The minimum Gasteiger partial charge on any atom is -0.458 e. The summed E-state index contributed by atoms with van der Waals surface area (Å²) in [6, 6.07) is 36.0. The highest BCUT2D eigenvalue weighted by Crippen LogP contribution is 2.29. The zero-order valence-electron chi connectivity index (χ0n) is 26.0. The molecule has 0 spiro atoms. The van der Waals surface area contributed by atoms with Gasteiger partial charge >= 0.3 is 11.9 Å². The maximum Gasteiger partial charge on any atom is 0.310 e. The minimum atomic E-state index is -0.217. The zero-order valence-corrected chi connectivity index (χ0v) is 26.0. The van der Waals surface area contributed by atoms with Gasteiger partial charge in [0.05, 0.1) is 12.8 Å². The van der Waals surface area contributed by atoms with E-state index in [1.807, 2.05) is 84.9 Å². The van der Waals surface area contributed by atoms with Crippen molar-refractivity contribution in [3.05, 3.63) is 155 Å². The summed E-state index contributed by atoms with van der Waals surface area (Å²) in [6.07, 6.45) is 10.1. The summed E-state index contributed by atoms with van der Waals surface area (Å²) >= 11 is 0. The third-order valence-corrected chi connectivity index (χ3v) is 8.45. The van der Waals surface area contributed by atoms with Crippen LogP contribution in [0.3, 0.4) is 0 Å². The summed E-state index contributed by atoms with van der Waals surface area (Å²) < 4.78 is 11.6. The number of rotatable bonds is 8. The molecule has 4 aromatic carbocycles. The van der Waals surface area contributed by atoms with Gasteiger partial charge in [-0.05, 0) is 108 Å². The molecule has 0 bridgehead atoms. The van der Waals surface area contributed by atoms with E-state index in [9.17, 15) is 9.59 Å². The van der Waals surface area contributed by atoms with Crippen molar-refractivity contribution < 1.29 is 19.1 Å². The normalized spacial score (nSPS) is 17.5. The lowest BCUT2D eigenvalue weighted by Crippen LogP contribution is -2.20. The van der Waals surface area contributed by atoms with Crippen molar-refractivity contribution in [1.82, 2.24) is 0 Å². The summed E-state index contributed by atoms with van der Waals surface area (Å²) in [4.78, 5) is 25.3. The highest BCUT2D eigenvalue weighted by Gasteiger charge is 2.20. The standard InChI is InChI=1S/C42H38O4/c43-41(45-39-15-7-13-37(29-39)35-9-3-1-4-10-35)27-33-23-19-31(20-24-33)17-18-32-21-25-34(26-22-32)28-42(44)46-40-16-8-14-38(30-40)36-11-5-2-6-12-36/h1-6,9-12,19-26,29-30,39-40H,7-8,13-16,27-28H2. The molecule has 46 heavy (non-hydrogen) atoms. The Morgan fingerprint density at radius 2 is 0.935 bits per heavy atom. The maximum absolute atomic E-state index is 12.7. The van der Waals surface area contributed by atoms with Crippen LogP contribution in [0.4, 0.5) is 0 Å². The van der Waals surface area contributed by atoms with Crippen molar-refractivity contribution in [2.45, 2.75) is 63.6 Å². The molecule has 0 heterocycles. The van der Waals surface area contributed by atoms with Gasteiger partial charge in [-0.2, -0.15) is 0 Å². The molecule has 2 unspecified atom stereocenters. The lowest BCUT2D eigenvalue weighted by Gasteiger charge is -2.21. The molecule has 0 saturated carbocycles. The number of benzene rings is 4. The Morgan fingerprint density at radius 1 is 0.543 bits per heavy atom. The molecule has 0 radical (unpaired) electrons. The second-order valence-electron chi connectivity index (χ2n) is 12.0. The molecule has 0 aliphatic heterocycles. The monoisotopic (exact) mass is 606 g/mol. The molecule has 230 valence electrons. The second kappa shape index (κ2) is 15.2. The minimum absolute atomic E-state index is 0.180. The molecule has 0 aromatic heterocycles. The Balaban J connectivity index is 0.974. The smallest absolute Gasteiger partial charge is 0.310 e. The Kier molecular flexibility index (Phi) is 10.2. The van der Waals surface area contributed by atoms with Gasteiger partial charge in [0.15, 0.2) is 0 Å². The molecule has 0 amide bonds. The summed E-state index contributed by atoms with van der Waals surface area (Å²) in [6.45, 7) is 0. The molecular formula is C42H38O4. The molecule has 2 atom stereocenters. The number of hydrogen-bond acceptors (Lipinski definition) is 4. The van der Waals surface area contributed by atoms with Gasteiger partial charge < -0.3 is 9.47 Å². The highest BCUT2D eigenvalue weighted by atomic mass is 16.5. The van der Waals surface area contributed by atoms with Gasteiger partial charge in [-0.15, -0.1) is 0 Å². The van der Waals surface area contributed by atoms with Crippen LogP contribution in [0.2, 0.25) is 0 Å². The summed E-state index contributed by atoms with van der Waals surface area (Å²) in [5, 5.41) is 0. The summed E-state index contributed by atoms with van der Waals surface area (Å²) in [5.74, 6) is 5.94. The first-order valence-corrected chi connectivity index (χ1v) is 16.2. The van der Waals surface area contributed by atoms with E-state index in [2.05, 4.69) is 48.3 Å². The van der Waals surface area contributed by atoms with E-state index >= 15 is 0 Å². The molecular weight excluding hydrogens is 568 g/mol. The fourth-order valence-electron chi connectivity index (χ4n) is 6.05. The summed E-state index contributed by atoms with van der Waals surface area (Å²) in [5.41, 5.74) is 8.41. The lowest BCUT2D eigenvalue weighted by molar-refractivity contribution is -0.147. The van der Waals surface area contributed by atoms with Crippen LogP contribution in [0.5, 0.6) is 0 Å². The van der Waals surface area contributed by atoms with E-state index in [1.165, 1.54) is 22.3 Å². The average Bonchev–Trinajstić information content (AvgIpc) is 3.09. The van der Waals surface area contributed by atoms with Crippen LogP contribution in [0.1, 0.15) is 71.9 Å². The van der Waals surface area contributed by atoms with Gasteiger partial charge in [0.2, 0.25) is 0 Å². The Labute approximate surface area is 271 Å². The molecule has 0 fully saturated rings. The van der Waals surface area contributed by atoms with E-state index in [1.54, 1.807) is 0 Å². The van der Waals surface area contributed by atoms with Gasteiger partial charge in [-0.25, -0.2) is 0 Å². The van der Waals surface area contributed by atoms with E-state index < -0.39 is 0 Å². The van der Waals surface area contributed by atoms with E-state index in [-0.39, 0.29) is 37.0 Å². The van der Waals surface area contributed by atoms with Crippen LogP contribution < -0.4 is 0 Å². The van der Waals surface area contributed by atoms with Crippen molar-refractivity contribution >= 4 is 23.1 Å². The van der Waals surface area contributed by atoms with Crippen LogP contribution in [-0.4, -0.2) is 24.1 Å². The fourth-order valence-corrected chi connectivity index (χ4v) is 6.05. The first-order chi connectivity index (χ1) is 22.6. The first kappa shape index (κ1) is 30.9. The van der Waals surface area contributed by atoms with E-state index in [0.29, 0.717) is 0 Å². The summed E-state index contributed by atoms with van der Waals surface area (Å²) in [7, 11) is 0. The third kappa shape index (κ3) is 8.73. The Bertz CT molecular complexity index is 1620. The third-order valence-electron chi connectivity index (χ3n) is 8.45. The lowest BCUT2D eigenvalue weighted by atomic mass is 9.92. The van der Waals surface area contributed by atoms with E-state index in [4.69, 9.17) is 9.47 Å². The van der Waals surface area contributed by atoms with Gasteiger partial charge in [0, 0.05) is 11.1 Å². The van der Waals surface area contributed by atoms with Crippen molar-refractivity contribution in [3.63, 3.8) is 0 Å². The molecule has 0 saturated heterocycles. The fraction of sp³-hybridized carbons (Fsp3) is 0.238. The van der Waals surface area contributed by atoms with Gasteiger partial charge in [-0.3, -0.25) is 9.59 Å². The van der Waals surface area contributed by atoms with Crippen LogP contribution >= 0.6 is 0 Å². The van der Waals surface area contributed by atoms with Crippen molar-refractivity contribution in [1.29, 1.82) is 0 Å². The van der Waals surface area contributed by atoms with Crippen LogP contribution in [-0.2, 0) is 31.9 Å². The molecule has 4 heteroatoms. The Morgan fingerprint density at radius 3 is 1.33 bits per heavy atom. The molecule has 4 aromatic rings. The van der Waals surface area contributed by atoms with Crippen molar-refractivity contribution in [3.8, 4) is 11.8 Å². The van der Waals surface area contributed by atoms with Gasteiger partial charge in [-0.1, -0.05) is 96.8 Å². The van der Waals surface area contributed by atoms with Crippen molar-refractivity contribution in [2.75, 3.05) is 0 Å². The second-order valence-corrected chi connectivity index (χ2v) is 12.0. The number of allylic oxidation sites excluding steroid dienone is 2. The zero-order chi connectivity index (χ0) is 31.6. The maximum atomic E-state index is 12.7. The first-order valence-electron chi connectivity index (χ1n) is 16.2. The quantitative estimate of drug-likeness (QED) is 0.149. The van der Waals surface area contributed by atoms with Gasteiger partial charge in [0.1, 0.15) is 12.2 Å². The molecule has 2 aliphatic rings. The number of esters is 2. The predicted octanol–water partition coefficient (Wildman–Crippen LogP) is 8.53. The number of carbonyl (C=O) groups excluding carboxylic acids is 2. The number of carbonyl (C=O) groups is 2. The molecule has 4 nitrogen and oxygen atoms in total.